The maximum absolute atomic E-state index is 13.2. The highest BCUT2D eigenvalue weighted by Crippen LogP contribution is 2.30. The molecule has 3 rings (SSSR count). The van der Waals surface area contributed by atoms with E-state index in [0.717, 1.165) is 0 Å². The molecule has 1 aliphatic rings. The van der Waals surface area contributed by atoms with Crippen LogP contribution in [0.25, 0.3) is 0 Å². The van der Waals surface area contributed by atoms with Crippen molar-refractivity contribution in [2.45, 2.75) is 18.9 Å². The van der Waals surface area contributed by atoms with E-state index in [4.69, 9.17) is 4.74 Å². The van der Waals surface area contributed by atoms with Gasteiger partial charge in [0.15, 0.2) is 0 Å². The number of halogens is 2. The SMILES string of the molecule is O=C1CCC(NC(=O)c2cccnc2Oc2ccc(F)cc2Br)CN1. The minimum Gasteiger partial charge on any atom is -0.437 e. The Morgan fingerprint density at radius 2 is 2.24 bits per heavy atom. The number of pyridine rings is 1. The van der Waals surface area contributed by atoms with Crippen molar-refractivity contribution in [3.8, 4) is 11.6 Å². The Morgan fingerprint density at radius 3 is 2.96 bits per heavy atom. The number of hydrogen-bond acceptors (Lipinski definition) is 4. The molecule has 1 atom stereocenters. The molecule has 1 aliphatic heterocycles. The maximum Gasteiger partial charge on any atom is 0.257 e. The Morgan fingerprint density at radius 1 is 1.40 bits per heavy atom. The van der Waals surface area contributed by atoms with E-state index in [2.05, 4.69) is 31.5 Å². The molecule has 1 aromatic heterocycles. The van der Waals surface area contributed by atoms with E-state index in [1.807, 2.05) is 0 Å². The van der Waals surface area contributed by atoms with Gasteiger partial charge >= 0.3 is 0 Å². The monoisotopic (exact) mass is 407 g/mol. The van der Waals surface area contributed by atoms with Gasteiger partial charge in [0.05, 0.1) is 4.47 Å². The zero-order valence-electron chi connectivity index (χ0n) is 13.1. The van der Waals surface area contributed by atoms with Crippen LogP contribution in [-0.2, 0) is 4.79 Å². The van der Waals surface area contributed by atoms with E-state index < -0.39 is 5.82 Å². The number of carbonyl (C=O) groups excluding carboxylic acids is 2. The largest absolute Gasteiger partial charge is 0.437 e. The van der Waals surface area contributed by atoms with Crippen LogP contribution in [0, 0.1) is 5.82 Å². The Kier molecular flexibility index (Phi) is 5.28. The molecule has 1 saturated heterocycles. The molecule has 0 bridgehead atoms. The van der Waals surface area contributed by atoms with Gasteiger partial charge in [0.1, 0.15) is 17.1 Å². The van der Waals surface area contributed by atoms with Crippen LogP contribution in [0.3, 0.4) is 0 Å². The number of ether oxygens (including phenoxy) is 1. The van der Waals surface area contributed by atoms with Crippen molar-refractivity contribution in [3.63, 3.8) is 0 Å². The highest BCUT2D eigenvalue weighted by Gasteiger charge is 2.22. The predicted octanol–water partition coefficient (Wildman–Crippen LogP) is 2.78. The lowest BCUT2D eigenvalue weighted by Gasteiger charge is -2.23. The number of carbonyl (C=O) groups is 2. The van der Waals surface area contributed by atoms with Crippen molar-refractivity contribution in [1.29, 1.82) is 0 Å². The quantitative estimate of drug-likeness (QED) is 0.816. The van der Waals surface area contributed by atoms with Crippen LogP contribution in [0.5, 0.6) is 11.6 Å². The molecule has 2 aromatic rings. The van der Waals surface area contributed by atoms with Crippen LogP contribution in [-0.4, -0.2) is 29.4 Å². The lowest BCUT2D eigenvalue weighted by Crippen LogP contribution is -2.47. The Labute approximate surface area is 151 Å². The first-order valence-electron chi connectivity index (χ1n) is 7.68. The van der Waals surface area contributed by atoms with Gasteiger partial charge in [-0.25, -0.2) is 9.37 Å². The summed E-state index contributed by atoms with van der Waals surface area (Å²) < 4.78 is 19.3. The number of benzene rings is 1. The summed E-state index contributed by atoms with van der Waals surface area (Å²) in [7, 11) is 0. The van der Waals surface area contributed by atoms with Gasteiger partial charge in [-0.05, 0) is 52.7 Å². The first-order chi connectivity index (χ1) is 12.0. The van der Waals surface area contributed by atoms with Crippen molar-refractivity contribution in [2.24, 2.45) is 0 Å². The molecule has 0 spiro atoms. The Bertz CT molecular complexity index is 805. The van der Waals surface area contributed by atoms with E-state index in [0.29, 0.717) is 29.6 Å². The lowest BCUT2D eigenvalue weighted by atomic mass is 10.1. The van der Waals surface area contributed by atoms with E-state index in [1.165, 1.54) is 24.4 Å². The first-order valence-corrected chi connectivity index (χ1v) is 8.47. The zero-order valence-corrected chi connectivity index (χ0v) is 14.7. The third-order valence-electron chi connectivity index (χ3n) is 3.72. The molecule has 1 fully saturated rings. The van der Waals surface area contributed by atoms with Crippen LogP contribution in [0.2, 0.25) is 0 Å². The second kappa shape index (κ2) is 7.60. The summed E-state index contributed by atoms with van der Waals surface area (Å²) in [6.07, 6.45) is 2.46. The summed E-state index contributed by atoms with van der Waals surface area (Å²) in [6, 6.07) is 7.05. The third kappa shape index (κ3) is 4.33. The van der Waals surface area contributed by atoms with Crippen molar-refractivity contribution in [3.05, 3.63) is 52.4 Å². The van der Waals surface area contributed by atoms with Crippen LogP contribution in [0.1, 0.15) is 23.2 Å². The van der Waals surface area contributed by atoms with Crippen molar-refractivity contribution >= 4 is 27.7 Å². The van der Waals surface area contributed by atoms with Gasteiger partial charge in [0, 0.05) is 25.2 Å². The molecular weight excluding hydrogens is 393 g/mol. The van der Waals surface area contributed by atoms with Crippen molar-refractivity contribution in [1.82, 2.24) is 15.6 Å². The van der Waals surface area contributed by atoms with Gasteiger partial charge in [-0.3, -0.25) is 9.59 Å². The normalized spacial score (nSPS) is 16.9. The molecule has 25 heavy (non-hydrogen) atoms. The first kappa shape index (κ1) is 17.3. The van der Waals surface area contributed by atoms with Crippen LogP contribution < -0.4 is 15.4 Å². The maximum atomic E-state index is 13.2. The Hall–Kier alpha value is -2.48. The van der Waals surface area contributed by atoms with Gasteiger partial charge < -0.3 is 15.4 Å². The van der Waals surface area contributed by atoms with Crippen molar-refractivity contribution in [2.75, 3.05) is 6.54 Å². The zero-order chi connectivity index (χ0) is 17.8. The average molecular weight is 408 g/mol. The molecule has 2 N–H and O–H groups in total. The number of hydrogen-bond donors (Lipinski definition) is 2. The molecule has 130 valence electrons. The number of rotatable bonds is 4. The van der Waals surface area contributed by atoms with E-state index in [9.17, 15) is 14.0 Å². The van der Waals surface area contributed by atoms with Crippen molar-refractivity contribution < 1.29 is 18.7 Å². The van der Waals surface area contributed by atoms with E-state index >= 15 is 0 Å². The summed E-state index contributed by atoms with van der Waals surface area (Å²) in [5, 5.41) is 5.57. The molecule has 0 radical (unpaired) electrons. The third-order valence-corrected chi connectivity index (χ3v) is 4.34. The summed E-state index contributed by atoms with van der Waals surface area (Å²) >= 11 is 3.22. The minimum atomic E-state index is -0.405. The Balaban J connectivity index is 1.76. The molecule has 1 aromatic carbocycles. The highest BCUT2D eigenvalue weighted by molar-refractivity contribution is 9.10. The van der Waals surface area contributed by atoms with Gasteiger partial charge in [-0.15, -0.1) is 0 Å². The lowest BCUT2D eigenvalue weighted by molar-refractivity contribution is -0.122. The predicted molar refractivity (Wildman–Crippen MR) is 91.9 cm³/mol. The number of nitrogens with one attached hydrogen (secondary N) is 2. The topological polar surface area (TPSA) is 80.3 Å². The molecule has 6 nitrogen and oxygen atoms in total. The molecule has 0 saturated carbocycles. The van der Waals surface area contributed by atoms with Gasteiger partial charge in [-0.1, -0.05) is 0 Å². The van der Waals surface area contributed by atoms with Gasteiger partial charge in [0.25, 0.3) is 5.91 Å². The summed E-state index contributed by atoms with van der Waals surface area (Å²) in [5.74, 6) is -0.302. The number of amides is 2. The number of nitrogens with zero attached hydrogens (tertiary/aromatic N) is 1. The van der Waals surface area contributed by atoms with E-state index in [1.54, 1.807) is 12.1 Å². The fraction of sp³-hybridized carbons (Fsp3) is 0.235. The molecule has 2 heterocycles. The molecule has 0 aliphatic carbocycles. The second-order valence-corrected chi connectivity index (χ2v) is 6.40. The second-order valence-electron chi connectivity index (χ2n) is 5.55. The highest BCUT2D eigenvalue weighted by atomic mass is 79.9. The minimum absolute atomic E-state index is 0.0166. The fourth-order valence-corrected chi connectivity index (χ4v) is 2.86. The summed E-state index contributed by atoms with van der Waals surface area (Å²) in [6.45, 7) is 0.393. The average Bonchev–Trinajstić information content (AvgIpc) is 2.60. The smallest absolute Gasteiger partial charge is 0.257 e. The van der Waals surface area contributed by atoms with Crippen LogP contribution in [0.4, 0.5) is 4.39 Å². The summed E-state index contributed by atoms with van der Waals surface area (Å²) in [4.78, 5) is 27.8. The fourth-order valence-electron chi connectivity index (χ4n) is 2.43. The van der Waals surface area contributed by atoms with Gasteiger partial charge in [0.2, 0.25) is 11.8 Å². The molecule has 1 unspecified atom stereocenters. The number of piperidine rings is 1. The summed E-state index contributed by atoms with van der Waals surface area (Å²) in [5.41, 5.74) is 0.260. The number of aromatic nitrogens is 1. The molecular formula is C17H15BrFN3O3. The van der Waals surface area contributed by atoms with Crippen LogP contribution in [0.15, 0.2) is 41.0 Å². The molecule has 2 amide bonds. The molecule has 8 heteroatoms. The van der Waals surface area contributed by atoms with Gasteiger partial charge in [-0.2, -0.15) is 0 Å². The van der Waals surface area contributed by atoms with Crippen LogP contribution >= 0.6 is 15.9 Å². The van der Waals surface area contributed by atoms with E-state index in [-0.39, 0.29) is 29.3 Å². The standard InChI is InChI=1S/C17H15BrFN3O3/c18-13-8-10(19)3-5-14(13)25-17-12(2-1-7-20-17)16(24)22-11-4-6-15(23)21-9-11/h1-3,5,7-8,11H,4,6,9H2,(H,21,23)(H,22,24).